The van der Waals surface area contributed by atoms with Crippen LogP contribution in [0.5, 0.6) is 5.75 Å². The number of nitrogens with one attached hydrogen (secondary N) is 1. The number of nitrogens with zero attached hydrogens (tertiary/aromatic N) is 4. The second-order valence-electron chi connectivity index (χ2n) is 6.43. The molecule has 4 rings (SSSR count). The Hall–Kier alpha value is -3.86. The van der Waals surface area contributed by atoms with Crippen molar-refractivity contribution in [1.29, 1.82) is 0 Å². The Morgan fingerprint density at radius 1 is 1.06 bits per heavy atom. The first-order valence-corrected chi connectivity index (χ1v) is 9.05. The summed E-state index contributed by atoms with van der Waals surface area (Å²) in [7, 11) is 1.52. The monoisotopic (exact) mass is 430 g/mol. The van der Waals surface area contributed by atoms with Crippen molar-refractivity contribution in [1.82, 2.24) is 19.5 Å². The second-order valence-corrected chi connectivity index (χ2v) is 6.43. The molecule has 0 bridgehead atoms. The molecule has 0 fully saturated rings. The van der Waals surface area contributed by atoms with Gasteiger partial charge in [0.2, 0.25) is 5.95 Å². The molecule has 0 aliphatic rings. The van der Waals surface area contributed by atoms with Gasteiger partial charge >= 0.3 is 6.61 Å². The van der Waals surface area contributed by atoms with Crippen LogP contribution in [0.15, 0.2) is 48.5 Å². The topological polar surface area (TPSA) is 100 Å². The third kappa shape index (κ3) is 4.51. The summed E-state index contributed by atoms with van der Waals surface area (Å²) in [5.74, 6) is 0.759. The molecule has 31 heavy (non-hydrogen) atoms. The lowest BCUT2D eigenvalue weighted by atomic mass is 10.3. The van der Waals surface area contributed by atoms with Crippen LogP contribution >= 0.6 is 0 Å². The van der Waals surface area contributed by atoms with Gasteiger partial charge < -0.3 is 20.5 Å². The fourth-order valence-corrected chi connectivity index (χ4v) is 3.05. The fourth-order valence-electron chi connectivity index (χ4n) is 3.05. The highest BCUT2D eigenvalue weighted by Crippen LogP contribution is 2.25. The Morgan fingerprint density at radius 2 is 1.84 bits per heavy atom. The smallest absolute Gasteiger partial charge is 0.387 e. The third-order valence-corrected chi connectivity index (χ3v) is 4.26. The number of hydrogen-bond acceptors (Lipinski definition) is 7. The van der Waals surface area contributed by atoms with Crippen LogP contribution in [0.25, 0.3) is 16.9 Å². The summed E-state index contributed by atoms with van der Waals surface area (Å²) in [5.41, 5.74) is 7.54. The van der Waals surface area contributed by atoms with Crippen LogP contribution in [0.3, 0.4) is 0 Å². The Bertz CT molecular complexity index is 1210. The standard InChI is InChI=1S/C20H17F3N6O2/c1-30-10-18-26-14-7-2-11(21)8-15(14)29(18)17-9-16(24)27-20(28-17)25-12-3-5-13(6-4-12)31-19(22)23/h2-9,19H,10H2,1H3,(H3,24,25,27,28). The molecule has 0 saturated heterocycles. The van der Waals surface area contributed by atoms with E-state index < -0.39 is 12.4 Å². The van der Waals surface area contributed by atoms with Gasteiger partial charge in [0, 0.05) is 24.9 Å². The van der Waals surface area contributed by atoms with E-state index in [0.29, 0.717) is 28.4 Å². The van der Waals surface area contributed by atoms with Gasteiger partial charge in [0.25, 0.3) is 0 Å². The molecular weight excluding hydrogens is 413 g/mol. The van der Waals surface area contributed by atoms with Crippen LogP contribution in [0.2, 0.25) is 0 Å². The number of ether oxygens (including phenoxy) is 2. The van der Waals surface area contributed by atoms with Gasteiger partial charge in [-0.15, -0.1) is 0 Å². The second kappa shape index (κ2) is 8.48. The SMILES string of the molecule is COCc1nc2ccc(F)cc2n1-c1cc(N)nc(Nc2ccc(OC(F)F)cc2)n1. The van der Waals surface area contributed by atoms with Crippen molar-refractivity contribution in [2.24, 2.45) is 0 Å². The predicted octanol–water partition coefficient (Wildman–Crippen LogP) is 4.03. The maximum Gasteiger partial charge on any atom is 0.387 e. The van der Waals surface area contributed by atoms with E-state index in [0.717, 1.165) is 0 Å². The van der Waals surface area contributed by atoms with Crippen molar-refractivity contribution in [3.63, 3.8) is 0 Å². The fraction of sp³-hybridized carbons (Fsp3) is 0.150. The molecule has 0 unspecified atom stereocenters. The van der Waals surface area contributed by atoms with Crippen molar-refractivity contribution in [3.05, 3.63) is 60.2 Å². The van der Waals surface area contributed by atoms with Gasteiger partial charge in [0.1, 0.15) is 35.6 Å². The molecule has 0 saturated carbocycles. The highest BCUT2D eigenvalue weighted by Gasteiger charge is 2.16. The summed E-state index contributed by atoms with van der Waals surface area (Å²) >= 11 is 0. The molecule has 0 atom stereocenters. The number of alkyl halides is 2. The molecule has 0 aliphatic carbocycles. The lowest BCUT2D eigenvalue weighted by Crippen LogP contribution is -2.09. The molecule has 0 radical (unpaired) electrons. The number of rotatable bonds is 7. The van der Waals surface area contributed by atoms with E-state index in [2.05, 4.69) is 25.0 Å². The first kappa shape index (κ1) is 20.4. The molecule has 0 amide bonds. The van der Waals surface area contributed by atoms with Gasteiger partial charge in [-0.25, -0.2) is 9.37 Å². The summed E-state index contributed by atoms with van der Waals surface area (Å²) in [4.78, 5) is 13.1. The number of fused-ring (bicyclic) bond motifs is 1. The molecule has 2 aromatic carbocycles. The highest BCUT2D eigenvalue weighted by molar-refractivity contribution is 5.78. The zero-order valence-electron chi connectivity index (χ0n) is 16.2. The number of aromatic nitrogens is 4. The maximum absolute atomic E-state index is 13.9. The van der Waals surface area contributed by atoms with Gasteiger partial charge in [-0.1, -0.05) is 0 Å². The number of nitrogen functional groups attached to an aromatic ring is 1. The van der Waals surface area contributed by atoms with Crippen molar-refractivity contribution in [2.75, 3.05) is 18.2 Å². The quantitative estimate of drug-likeness (QED) is 0.457. The average molecular weight is 430 g/mol. The van der Waals surface area contributed by atoms with Gasteiger partial charge in [-0.3, -0.25) is 4.57 Å². The molecule has 3 N–H and O–H groups in total. The largest absolute Gasteiger partial charge is 0.435 e. The van der Waals surface area contributed by atoms with Crippen LogP contribution < -0.4 is 15.8 Å². The van der Waals surface area contributed by atoms with Crippen molar-refractivity contribution in [2.45, 2.75) is 13.2 Å². The van der Waals surface area contributed by atoms with Gasteiger partial charge in [-0.05, 0) is 36.4 Å². The number of benzene rings is 2. The number of hydrogen-bond donors (Lipinski definition) is 2. The molecule has 8 nitrogen and oxygen atoms in total. The van der Waals surface area contributed by atoms with E-state index in [1.165, 1.54) is 49.6 Å². The summed E-state index contributed by atoms with van der Waals surface area (Å²) in [6.07, 6.45) is 0. The van der Waals surface area contributed by atoms with Gasteiger partial charge in [0.05, 0.1) is 11.0 Å². The van der Waals surface area contributed by atoms with Gasteiger partial charge in [-0.2, -0.15) is 18.7 Å². The Labute approximate surface area is 174 Å². The number of imidazole rings is 1. The van der Waals surface area contributed by atoms with E-state index in [1.54, 1.807) is 10.6 Å². The Morgan fingerprint density at radius 3 is 2.55 bits per heavy atom. The Kier molecular flexibility index (Phi) is 5.58. The van der Waals surface area contributed by atoms with Crippen LogP contribution in [0.1, 0.15) is 5.82 Å². The van der Waals surface area contributed by atoms with Crippen molar-refractivity contribution in [3.8, 4) is 11.6 Å². The van der Waals surface area contributed by atoms with Crippen molar-refractivity contribution >= 4 is 28.5 Å². The number of anilines is 3. The number of nitrogens with two attached hydrogens (primary N) is 1. The van der Waals surface area contributed by atoms with E-state index >= 15 is 0 Å². The maximum atomic E-state index is 13.9. The van der Waals surface area contributed by atoms with Crippen LogP contribution in [0, 0.1) is 5.82 Å². The molecular formula is C20H17F3N6O2. The van der Waals surface area contributed by atoms with Crippen LogP contribution in [0.4, 0.5) is 30.6 Å². The first-order chi connectivity index (χ1) is 14.9. The van der Waals surface area contributed by atoms with E-state index in [4.69, 9.17) is 10.5 Å². The minimum Gasteiger partial charge on any atom is -0.435 e. The molecule has 160 valence electrons. The van der Waals surface area contributed by atoms with E-state index in [9.17, 15) is 13.2 Å². The number of halogens is 3. The molecule has 0 spiro atoms. The molecule has 0 aliphatic heterocycles. The number of methoxy groups -OCH3 is 1. The lowest BCUT2D eigenvalue weighted by Gasteiger charge is -2.12. The zero-order valence-corrected chi connectivity index (χ0v) is 16.2. The van der Waals surface area contributed by atoms with E-state index in [1.807, 2.05) is 0 Å². The molecule has 4 aromatic rings. The summed E-state index contributed by atoms with van der Waals surface area (Å²) in [6, 6.07) is 11.6. The zero-order chi connectivity index (χ0) is 22.0. The highest BCUT2D eigenvalue weighted by atomic mass is 19.3. The predicted molar refractivity (Wildman–Crippen MR) is 108 cm³/mol. The summed E-state index contributed by atoms with van der Waals surface area (Å²) in [6.45, 7) is -2.75. The van der Waals surface area contributed by atoms with Crippen molar-refractivity contribution < 1.29 is 22.6 Å². The molecule has 2 heterocycles. The molecule has 11 heteroatoms. The first-order valence-electron chi connectivity index (χ1n) is 9.05. The Balaban J connectivity index is 1.71. The van der Waals surface area contributed by atoms with Gasteiger partial charge in [0.15, 0.2) is 0 Å². The van der Waals surface area contributed by atoms with Crippen LogP contribution in [-0.4, -0.2) is 33.2 Å². The minimum atomic E-state index is -2.91. The molecule has 2 aromatic heterocycles. The minimum absolute atomic E-state index is 0.0193. The normalized spacial score (nSPS) is 11.3. The van der Waals surface area contributed by atoms with E-state index in [-0.39, 0.29) is 24.1 Å². The average Bonchev–Trinajstić information content (AvgIpc) is 3.06. The summed E-state index contributed by atoms with van der Waals surface area (Å²) in [5, 5.41) is 2.95. The summed E-state index contributed by atoms with van der Waals surface area (Å²) < 4.78 is 49.7. The lowest BCUT2D eigenvalue weighted by molar-refractivity contribution is -0.0498. The van der Waals surface area contributed by atoms with Crippen LogP contribution in [-0.2, 0) is 11.3 Å². The third-order valence-electron chi connectivity index (χ3n) is 4.26.